The highest BCUT2D eigenvalue weighted by atomic mass is 32.1. The number of imidazole rings is 1. The van der Waals surface area contributed by atoms with Gasteiger partial charge in [-0.15, -0.1) is 0 Å². The highest BCUT2D eigenvalue weighted by Gasteiger charge is 2.01. The summed E-state index contributed by atoms with van der Waals surface area (Å²) >= 11 is 5.01. The maximum absolute atomic E-state index is 5.01. The molecule has 2 heterocycles. The largest absolute Gasteiger partial charge is 0.337 e. The van der Waals surface area contributed by atoms with Crippen LogP contribution >= 0.6 is 12.2 Å². The van der Waals surface area contributed by atoms with E-state index in [1.54, 1.807) is 12.5 Å². The number of aromatic amines is 1. The van der Waals surface area contributed by atoms with Crippen molar-refractivity contribution in [1.29, 1.82) is 0 Å². The van der Waals surface area contributed by atoms with E-state index >= 15 is 0 Å². The number of nitrogens with zero attached hydrogens (tertiary/aromatic N) is 4. The second kappa shape index (κ2) is 3.75. The number of hydrogen-bond acceptors (Lipinski definition) is 3. The van der Waals surface area contributed by atoms with Gasteiger partial charge >= 0.3 is 0 Å². The Morgan fingerprint density at radius 1 is 1.57 bits per heavy atom. The molecule has 2 aromatic heterocycles. The molecule has 0 fully saturated rings. The summed E-state index contributed by atoms with van der Waals surface area (Å²) < 4.78 is 4.55. The Kier molecular flexibility index (Phi) is 2.45. The molecule has 6 heteroatoms. The Morgan fingerprint density at radius 3 is 3.00 bits per heavy atom. The van der Waals surface area contributed by atoms with Crippen molar-refractivity contribution in [3.05, 3.63) is 29.3 Å². The predicted molar refractivity (Wildman–Crippen MR) is 54.3 cm³/mol. The van der Waals surface area contributed by atoms with Crippen LogP contribution in [-0.4, -0.2) is 24.3 Å². The van der Waals surface area contributed by atoms with Crippen LogP contribution in [0.4, 0.5) is 0 Å². The first kappa shape index (κ1) is 9.14. The minimum Gasteiger partial charge on any atom is -0.337 e. The van der Waals surface area contributed by atoms with Gasteiger partial charge in [-0.05, 0) is 12.2 Å². The second-order valence-electron chi connectivity index (χ2n) is 3.05. The first-order valence-corrected chi connectivity index (χ1v) is 4.74. The maximum atomic E-state index is 5.01. The van der Waals surface area contributed by atoms with E-state index in [2.05, 4.69) is 15.2 Å². The van der Waals surface area contributed by atoms with Crippen LogP contribution in [0.15, 0.2) is 18.7 Å². The molecule has 0 aromatic carbocycles. The third-order valence-electron chi connectivity index (χ3n) is 2.13. The Balaban J connectivity index is 2.05. The van der Waals surface area contributed by atoms with Crippen molar-refractivity contribution in [2.24, 2.45) is 7.05 Å². The van der Waals surface area contributed by atoms with Gasteiger partial charge in [-0.25, -0.2) is 4.98 Å². The van der Waals surface area contributed by atoms with E-state index < -0.39 is 0 Å². The molecule has 0 bridgehead atoms. The van der Waals surface area contributed by atoms with E-state index in [-0.39, 0.29) is 0 Å². The van der Waals surface area contributed by atoms with E-state index in [0.717, 1.165) is 18.8 Å². The molecule has 0 aliphatic carbocycles. The molecule has 0 spiro atoms. The van der Waals surface area contributed by atoms with Gasteiger partial charge < -0.3 is 9.13 Å². The van der Waals surface area contributed by atoms with Crippen LogP contribution in [0.1, 0.15) is 5.82 Å². The Labute approximate surface area is 86.4 Å². The Morgan fingerprint density at radius 2 is 2.43 bits per heavy atom. The van der Waals surface area contributed by atoms with E-state index in [4.69, 9.17) is 12.2 Å². The molecule has 14 heavy (non-hydrogen) atoms. The van der Waals surface area contributed by atoms with Gasteiger partial charge in [-0.1, -0.05) is 0 Å². The van der Waals surface area contributed by atoms with Gasteiger partial charge in [-0.2, -0.15) is 5.10 Å². The average molecular weight is 209 g/mol. The van der Waals surface area contributed by atoms with Gasteiger partial charge in [0.05, 0.1) is 6.33 Å². The Hall–Kier alpha value is -1.43. The monoisotopic (exact) mass is 209 g/mol. The van der Waals surface area contributed by atoms with Gasteiger partial charge in [0.2, 0.25) is 0 Å². The number of nitrogens with one attached hydrogen (secondary N) is 1. The average Bonchev–Trinajstić information content (AvgIpc) is 2.77. The molecule has 0 aliphatic heterocycles. The molecule has 74 valence electrons. The summed E-state index contributed by atoms with van der Waals surface area (Å²) in [6, 6.07) is 0. The van der Waals surface area contributed by atoms with E-state index in [1.165, 1.54) is 0 Å². The first-order chi connectivity index (χ1) is 6.77. The van der Waals surface area contributed by atoms with Crippen molar-refractivity contribution in [1.82, 2.24) is 24.3 Å². The highest BCUT2D eigenvalue weighted by Crippen LogP contribution is 1.98. The Bertz CT molecular complexity index is 452. The zero-order valence-corrected chi connectivity index (χ0v) is 8.66. The lowest BCUT2D eigenvalue weighted by atomic mass is 10.4. The molecule has 0 aliphatic rings. The molecular weight excluding hydrogens is 198 g/mol. The maximum Gasteiger partial charge on any atom is 0.194 e. The number of hydrogen-bond donors (Lipinski definition) is 1. The van der Waals surface area contributed by atoms with E-state index in [0.29, 0.717) is 4.77 Å². The molecule has 0 radical (unpaired) electrons. The molecule has 1 N–H and O–H groups in total. The van der Waals surface area contributed by atoms with Gasteiger partial charge in [-0.3, -0.25) is 5.10 Å². The molecule has 0 amide bonds. The number of rotatable bonds is 3. The first-order valence-electron chi connectivity index (χ1n) is 4.33. The van der Waals surface area contributed by atoms with Crippen LogP contribution in [0.2, 0.25) is 0 Å². The number of aromatic nitrogens is 5. The zero-order valence-electron chi connectivity index (χ0n) is 7.84. The van der Waals surface area contributed by atoms with Gasteiger partial charge in [0.15, 0.2) is 4.77 Å². The second-order valence-corrected chi connectivity index (χ2v) is 3.44. The van der Waals surface area contributed by atoms with Crippen molar-refractivity contribution < 1.29 is 0 Å². The minimum atomic E-state index is 0.658. The van der Waals surface area contributed by atoms with E-state index in [9.17, 15) is 0 Å². The zero-order chi connectivity index (χ0) is 9.97. The van der Waals surface area contributed by atoms with Gasteiger partial charge in [0.25, 0.3) is 0 Å². The summed E-state index contributed by atoms with van der Waals surface area (Å²) in [5, 5.41) is 6.88. The normalized spacial score (nSPS) is 10.6. The van der Waals surface area contributed by atoms with Crippen LogP contribution in [0, 0.1) is 4.77 Å². The smallest absolute Gasteiger partial charge is 0.194 e. The molecule has 2 aromatic rings. The summed E-state index contributed by atoms with van der Waals surface area (Å²) in [5.74, 6) is 0.962. The fraction of sp³-hybridized carbons (Fsp3) is 0.375. The molecule has 5 nitrogen and oxygen atoms in total. The molecule has 0 saturated heterocycles. The molecule has 0 atom stereocenters. The van der Waals surface area contributed by atoms with Crippen molar-refractivity contribution in [3.8, 4) is 0 Å². The van der Waals surface area contributed by atoms with E-state index in [1.807, 2.05) is 22.4 Å². The SMILES string of the molecule is Cn1c(CCn2ccnc2)n[nH]c1=S. The molecule has 0 unspecified atom stereocenters. The lowest BCUT2D eigenvalue weighted by Gasteiger charge is -2.00. The van der Waals surface area contributed by atoms with Gasteiger partial charge in [0, 0.05) is 32.4 Å². The number of H-pyrrole nitrogens is 1. The predicted octanol–water partition coefficient (Wildman–Crippen LogP) is 0.917. The van der Waals surface area contributed by atoms with Crippen LogP contribution in [0.5, 0.6) is 0 Å². The summed E-state index contributed by atoms with van der Waals surface area (Å²) in [4.78, 5) is 3.97. The lowest BCUT2D eigenvalue weighted by molar-refractivity contribution is 0.647. The standard InChI is InChI=1S/C8H11N5S/c1-12-7(10-11-8(12)14)2-4-13-5-3-9-6-13/h3,5-6H,2,4H2,1H3,(H,11,14). The van der Waals surface area contributed by atoms with Crippen molar-refractivity contribution in [2.45, 2.75) is 13.0 Å². The third-order valence-corrected chi connectivity index (χ3v) is 2.49. The third kappa shape index (κ3) is 1.74. The molecule has 0 saturated carbocycles. The van der Waals surface area contributed by atoms with Gasteiger partial charge in [0.1, 0.15) is 5.82 Å². The van der Waals surface area contributed by atoms with Crippen molar-refractivity contribution >= 4 is 12.2 Å². The summed E-state index contributed by atoms with van der Waals surface area (Å²) in [6.45, 7) is 0.869. The molecular formula is C8H11N5S. The topological polar surface area (TPSA) is 51.4 Å². The molecule has 2 rings (SSSR count). The lowest BCUT2D eigenvalue weighted by Crippen LogP contribution is -2.04. The van der Waals surface area contributed by atoms with Crippen molar-refractivity contribution in [2.75, 3.05) is 0 Å². The summed E-state index contributed by atoms with van der Waals surface area (Å²) in [6.07, 6.45) is 6.34. The fourth-order valence-corrected chi connectivity index (χ4v) is 1.40. The summed E-state index contributed by atoms with van der Waals surface area (Å²) in [5.41, 5.74) is 0. The highest BCUT2D eigenvalue weighted by molar-refractivity contribution is 7.71. The van der Waals surface area contributed by atoms with Crippen LogP contribution in [0.3, 0.4) is 0 Å². The van der Waals surface area contributed by atoms with Crippen LogP contribution < -0.4 is 0 Å². The minimum absolute atomic E-state index is 0.658. The number of aryl methyl sites for hydroxylation is 2. The van der Waals surface area contributed by atoms with Crippen LogP contribution in [0.25, 0.3) is 0 Å². The quantitative estimate of drug-likeness (QED) is 0.765. The fourth-order valence-electron chi connectivity index (χ4n) is 1.25. The summed E-state index contributed by atoms with van der Waals surface area (Å²) in [7, 11) is 1.91. The van der Waals surface area contributed by atoms with Crippen LogP contribution in [-0.2, 0) is 20.0 Å². The van der Waals surface area contributed by atoms with Crippen molar-refractivity contribution in [3.63, 3.8) is 0 Å².